The summed E-state index contributed by atoms with van der Waals surface area (Å²) in [5.41, 5.74) is 3.85. The smallest absolute Gasteiger partial charge is 0.118 e. The molecule has 0 unspecified atom stereocenters. The monoisotopic (exact) mass is 386 g/mol. The molecule has 0 amide bonds. The molecular formula is C27H30O2. The van der Waals surface area contributed by atoms with Gasteiger partial charge in [0.05, 0.1) is 14.2 Å². The first-order valence-electron chi connectivity index (χ1n) is 10.6. The lowest BCUT2D eigenvalue weighted by Crippen LogP contribution is -2.39. The van der Waals surface area contributed by atoms with Crippen LogP contribution in [0.5, 0.6) is 11.5 Å². The Morgan fingerprint density at radius 3 is 1.48 bits per heavy atom. The van der Waals surface area contributed by atoms with Crippen LogP contribution in [-0.4, -0.2) is 14.2 Å². The molecule has 0 saturated heterocycles. The minimum absolute atomic E-state index is 0.180. The third-order valence-electron chi connectivity index (χ3n) is 6.54. The Kier molecular flexibility index (Phi) is 5.89. The van der Waals surface area contributed by atoms with Gasteiger partial charge in [-0.3, -0.25) is 0 Å². The first-order valence-corrected chi connectivity index (χ1v) is 10.6. The van der Waals surface area contributed by atoms with Gasteiger partial charge in [0.25, 0.3) is 0 Å². The van der Waals surface area contributed by atoms with Crippen molar-refractivity contribution in [3.05, 3.63) is 95.6 Å². The largest absolute Gasteiger partial charge is 0.497 e. The zero-order valence-corrected chi connectivity index (χ0v) is 17.4. The maximum atomic E-state index is 5.45. The Balaban J connectivity index is 1.97. The number of hydrogen-bond donors (Lipinski definition) is 0. The number of ether oxygens (including phenoxy) is 2. The van der Waals surface area contributed by atoms with E-state index < -0.39 is 0 Å². The van der Waals surface area contributed by atoms with Gasteiger partial charge in [-0.15, -0.1) is 0 Å². The summed E-state index contributed by atoms with van der Waals surface area (Å²) < 4.78 is 10.9. The van der Waals surface area contributed by atoms with Gasteiger partial charge in [0.1, 0.15) is 11.5 Å². The molecule has 4 rings (SSSR count). The first kappa shape index (κ1) is 19.6. The summed E-state index contributed by atoms with van der Waals surface area (Å²) in [6, 6.07) is 28.4. The second-order valence-electron chi connectivity index (χ2n) is 7.97. The maximum Gasteiger partial charge on any atom is 0.118 e. The van der Waals surface area contributed by atoms with E-state index in [1.165, 1.54) is 48.8 Å². The lowest BCUT2D eigenvalue weighted by atomic mass is 9.58. The van der Waals surface area contributed by atoms with Crippen LogP contribution in [0.4, 0.5) is 0 Å². The lowest BCUT2D eigenvalue weighted by Gasteiger charge is -2.44. The summed E-state index contributed by atoms with van der Waals surface area (Å²) in [6.07, 6.45) is 6.42. The predicted molar refractivity (Wildman–Crippen MR) is 119 cm³/mol. The first-order chi connectivity index (χ1) is 14.3. The van der Waals surface area contributed by atoms with Gasteiger partial charge in [-0.2, -0.15) is 0 Å². The van der Waals surface area contributed by atoms with Gasteiger partial charge in [-0.05, 0) is 59.7 Å². The third-order valence-corrected chi connectivity index (χ3v) is 6.54. The minimum atomic E-state index is -0.180. The molecule has 0 aliphatic heterocycles. The van der Waals surface area contributed by atoms with Gasteiger partial charge in [0.2, 0.25) is 0 Å². The molecule has 0 bridgehead atoms. The second-order valence-corrected chi connectivity index (χ2v) is 7.97. The highest BCUT2D eigenvalue weighted by Crippen LogP contribution is 2.50. The van der Waals surface area contributed by atoms with Crippen molar-refractivity contribution in [2.75, 3.05) is 14.2 Å². The third kappa shape index (κ3) is 3.64. The van der Waals surface area contributed by atoms with Crippen molar-refractivity contribution in [2.45, 2.75) is 37.5 Å². The fraction of sp³-hybridized carbons (Fsp3) is 0.333. The average molecular weight is 387 g/mol. The van der Waals surface area contributed by atoms with Gasteiger partial charge in [0.15, 0.2) is 0 Å². The Labute approximate surface area is 174 Å². The highest BCUT2D eigenvalue weighted by Gasteiger charge is 2.43. The van der Waals surface area contributed by atoms with Gasteiger partial charge >= 0.3 is 0 Å². The van der Waals surface area contributed by atoms with Crippen molar-refractivity contribution in [2.24, 2.45) is 5.92 Å². The normalized spacial score (nSPS) is 15.1. The van der Waals surface area contributed by atoms with Crippen molar-refractivity contribution in [3.8, 4) is 11.5 Å². The molecule has 2 heteroatoms. The lowest BCUT2D eigenvalue weighted by molar-refractivity contribution is 0.270. The summed E-state index contributed by atoms with van der Waals surface area (Å²) in [4.78, 5) is 0. The Hall–Kier alpha value is -2.74. The maximum absolute atomic E-state index is 5.45. The van der Waals surface area contributed by atoms with Gasteiger partial charge in [0, 0.05) is 5.41 Å². The molecule has 1 aliphatic rings. The fourth-order valence-electron chi connectivity index (χ4n) is 5.15. The number of benzene rings is 3. The SMILES string of the molecule is COc1ccc(C(c2ccccc2)(c2ccc(OC)cc2)C2CCCCC2)cc1. The topological polar surface area (TPSA) is 18.5 Å². The van der Waals surface area contributed by atoms with Crippen LogP contribution in [0.1, 0.15) is 48.8 Å². The van der Waals surface area contributed by atoms with Gasteiger partial charge in [-0.25, -0.2) is 0 Å². The molecular weight excluding hydrogens is 356 g/mol. The van der Waals surface area contributed by atoms with E-state index in [1.54, 1.807) is 14.2 Å². The van der Waals surface area contributed by atoms with E-state index in [1.807, 2.05) is 0 Å². The van der Waals surface area contributed by atoms with Crippen LogP contribution in [0, 0.1) is 5.92 Å². The van der Waals surface area contributed by atoms with Crippen molar-refractivity contribution in [3.63, 3.8) is 0 Å². The van der Waals surface area contributed by atoms with Crippen LogP contribution < -0.4 is 9.47 Å². The van der Waals surface area contributed by atoms with Crippen LogP contribution in [0.3, 0.4) is 0 Å². The summed E-state index contributed by atoms with van der Waals surface area (Å²) in [5.74, 6) is 2.35. The van der Waals surface area contributed by atoms with Crippen LogP contribution >= 0.6 is 0 Å². The van der Waals surface area contributed by atoms with E-state index >= 15 is 0 Å². The van der Waals surface area contributed by atoms with E-state index in [0.29, 0.717) is 5.92 Å². The van der Waals surface area contributed by atoms with Crippen molar-refractivity contribution >= 4 is 0 Å². The Morgan fingerprint density at radius 2 is 1.03 bits per heavy atom. The summed E-state index contributed by atoms with van der Waals surface area (Å²) in [7, 11) is 3.45. The van der Waals surface area contributed by atoms with Crippen molar-refractivity contribution < 1.29 is 9.47 Å². The van der Waals surface area contributed by atoms with E-state index in [-0.39, 0.29) is 5.41 Å². The van der Waals surface area contributed by atoms with Gasteiger partial charge in [-0.1, -0.05) is 73.9 Å². The molecule has 0 spiro atoms. The second kappa shape index (κ2) is 8.73. The van der Waals surface area contributed by atoms with Crippen LogP contribution in [0.25, 0.3) is 0 Å². The molecule has 0 N–H and O–H groups in total. The molecule has 150 valence electrons. The van der Waals surface area contributed by atoms with Crippen molar-refractivity contribution in [1.29, 1.82) is 0 Å². The molecule has 2 nitrogen and oxygen atoms in total. The summed E-state index contributed by atoms with van der Waals surface area (Å²) in [5, 5.41) is 0. The number of rotatable bonds is 6. The molecule has 0 heterocycles. The highest BCUT2D eigenvalue weighted by atomic mass is 16.5. The summed E-state index contributed by atoms with van der Waals surface area (Å²) in [6.45, 7) is 0. The van der Waals surface area contributed by atoms with Crippen molar-refractivity contribution in [1.82, 2.24) is 0 Å². The van der Waals surface area contributed by atoms with E-state index in [2.05, 4.69) is 78.9 Å². The molecule has 1 aliphatic carbocycles. The van der Waals surface area contributed by atoms with E-state index in [0.717, 1.165) is 11.5 Å². The highest BCUT2D eigenvalue weighted by molar-refractivity contribution is 5.53. The number of methoxy groups -OCH3 is 2. The Bertz CT molecular complexity index is 844. The summed E-state index contributed by atoms with van der Waals surface area (Å²) >= 11 is 0. The average Bonchev–Trinajstić information content (AvgIpc) is 2.82. The molecule has 1 fully saturated rings. The van der Waals surface area contributed by atoms with E-state index in [4.69, 9.17) is 9.47 Å². The fourth-order valence-corrected chi connectivity index (χ4v) is 5.15. The van der Waals surface area contributed by atoms with E-state index in [9.17, 15) is 0 Å². The van der Waals surface area contributed by atoms with Gasteiger partial charge < -0.3 is 9.47 Å². The zero-order valence-electron chi connectivity index (χ0n) is 17.4. The standard InChI is InChI=1S/C27H30O2/c1-28-25-17-13-23(14-18-25)27(21-9-5-3-6-10-21,22-11-7-4-8-12-22)24-15-19-26(29-2)20-16-24/h3,5-6,9-10,13-20,22H,4,7-8,11-12H2,1-2H3. The molecule has 0 aromatic heterocycles. The minimum Gasteiger partial charge on any atom is -0.497 e. The van der Waals surface area contributed by atoms with Crippen LogP contribution in [0.2, 0.25) is 0 Å². The quantitative estimate of drug-likeness (QED) is 0.443. The molecule has 3 aromatic carbocycles. The molecule has 1 saturated carbocycles. The molecule has 0 radical (unpaired) electrons. The Morgan fingerprint density at radius 1 is 0.586 bits per heavy atom. The molecule has 3 aromatic rings. The predicted octanol–water partition coefficient (Wildman–Crippen LogP) is 6.62. The molecule has 29 heavy (non-hydrogen) atoms. The number of hydrogen-bond acceptors (Lipinski definition) is 2. The van der Waals surface area contributed by atoms with Crippen LogP contribution in [0.15, 0.2) is 78.9 Å². The zero-order chi connectivity index (χ0) is 20.1. The molecule has 0 atom stereocenters. The van der Waals surface area contributed by atoms with Crippen LogP contribution in [-0.2, 0) is 5.41 Å².